The lowest BCUT2D eigenvalue weighted by Crippen LogP contribution is -2.44. The molecule has 0 aliphatic carbocycles. The van der Waals surface area contributed by atoms with Gasteiger partial charge in [0.25, 0.3) is 11.8 Å². The Bertz CT molecular complexity index is 1920. The van der Waals surface area contributed by atoms with E-state index in [-0.39, 0.29) is 60.3 Å². The minimum atomic E-state index is -0.649. The van der Waals surface area contributed by atoms with Crippen LogP contribution in [0.2, 0.25) is 0 Å². The molecule has 22 heteroatoms. The van der Waals surface area contributed by atoms with Crippen LogP contribution in [-0.4, -0.2) is 129 Å². The van der Waals surface area contributed by atoms with E-state index in [4.69, 9.17) is 28.4 Å². The molecular weight excluding hydrogens is 816 g/mol. The molecule has 0 spiro atoms. The van der Waals surface area contributed by atoms with E-state index in [0.717, 1.165) is 0 Å². The Morgan fingerprint density at radius 3 is 0.919 bits per heavy atom. The van der Waals surface area contributed by atoms with Gasteiger partial charge in [-0.1, -0.05) is 24.3 Å². The Morgan fingerprint density at radius 1 is 0.371 bits per heavy atom. The first-order valence-electron chi connectivity index (χ1n) is 18.6. The number of nitrogens with one attached hydrogen (secondary N) is 8. The van der Waals surface area contributed by atoms with E-state index < -0.39 is 73.4 Å². The molecule has 3 aromatic rings. The van der Waals surface area contributed by atoms with E-state index in [1.54, 1.807) is 24.3 Å². The van der Waals surface area contributed by atoms with Gasteiger partial charge in [0.05, 0.1) is 81.9 Å². The normalized spacial score (nSPS) is 10.2. The molecule has 0 saturated carbocycles. The summed E-state index contributed by atoms with van der Waals surface area (Å²) in [5, 5.41) is 19.7. The standard InChI is InChI=1S/C40H50N8O14/c1-57-27-11-25(12-28(58-2)37(27)61-5)39(55)47-21-35(53)45-19-33(51)43-17-31(49)41-15-23-8-7-9-24(10-23)16-42-32(50)18-44-34(52)20-46-36(54)22-48-40(56)26-13-29(59-3)38(62-6)30(14-26)60-4/h7-14H,15-22H2,1-6H3,(H,41,49)(H,42,50)(H,43,51)(H,44,52)(H,45,53)(H,46,54)(H,47,55)(H,48,56). The number of amides is 8. The Labute approximate surface area is 356 Å². The molecule has 0 aromatic heterocycles. The maximum Gasteiger partial charge on any atom is 0.251 e. The summed E-state index contributed by atoms with van der Waals surface area (Å²) in [5.74, 6) is -3.20. The third-order valence-electron chi connectivity index (χ3n) is 8.43. The SMILES string of the molecule is COc1cc(C(=O)NCC(=O)NCC(=O)NCC(=O)NCc2cccc(CNC(=O)CNC(=O)CNC(=O)CNC(=O)c3cc(OC)c(OC)c(OC)c3)c2)cc(OC)c1OC. The second-order valence-corrected chi connectivity index (χ2v) is 12.7. The van der Waals surface area contributed by atoms with Crippen molar-refractivity contribution in [1.29, 1.82) is 0 Å². The smallest absolute Gasteiger partial charge is 0.251 e. The van der Waals surface area contributed by atoms with Gasteiger partial charge >= 0.3 is 0 Å². The summed E-state index contributed by atoms with van der Waals surface area (Å²) < 4.78 is 31.4. The lowest BCUT2D eigenvalue weighted by Gasteiger charge is -2.14. The van der Waals surface area contributed by atoms with Crippen LogP contribution in [0.5, 0.6) is 34.5 Å². The van der Waals surface area contributed by atoms with Crippen molar-refractivity contribution in [1.82, 2.24) is 42.5 Å². The van der Waals surface area contributed by atoms with Crippen molar-refractivity contribution in [2.24, 2.45) is 0 Å². The molecule has 0 bridgehead atoms. The summed E-state index contributed by atoms with van der Waals surface area (Å²) in [4.78, 5) is 98.7. The van der Waals surface area contributed by atoms with Crippen molar-refractivity contribution < 1.29 is 66.8 Å². The van der Waals surface area contributed by atoms with Crippen LogP contribution in [0.25, 0.3) is 0 Å². The molecule has 0 saturated heterocycles. The second kappa shape index (κ2) is 25.0. The summed E-state index contributed by atoms with van der Waals surface area (Å²) in [6.45, 7) is -2.28. The molecule has 3 rings (SSSR count). The Balaban J connectivity index is 1.29. The molecule has 0 aliphatic rings. The number of hydrogen-bond donors (Lipinski definition) is 8. The van der Waals surface area contributed by atoms with Crippen molar-refractivity contribution in [2.75, 3.05) is 81.9 Å². The molecule has 62 heavy (non-hydrogen) atoms. The number of carbonyl (C=O) groups excluding carboxylic acids is 8. The fourth-order valence-corrected chi connectivity index (χ4v) is 5.29. The second-order valence-electron chi connectivity index (χ2n) is 12.7. The number of methoxy groups -OCH3 is 6. The van der Waals surface area contributed by atoms with Gasteiger partial charge in [0, 0.05) is 24.2 Å². The maximum absolute atomic E-state index is 12.6. The van der Waals surface area contributed by atoms with E-state index in [9.17, 15) is 38.4 Å². The van der Waals surface area contributed by atoms with Gasteiger partial charge in [-0.2, -0.15) is 0 Å². The van der Waals surface area contributed by atoms with Gasteiger partial charge in [0.1, 0.15) is 0 Å². The average Bonchev–Trinajstić information content (AvgIpc) is 3.29. The lowest BCUT2D eigenvalue weighted by molar-refractivity contribution is -0.127. The largest absolute Gasteiger partial charge is 0.493 e. The van der Waals surface area contributed by atoms with Gasteiger partial charge in [-0.3, -0.25) is 38.4 Å². The zero-order valence-electron chi connectivity index (χ0n) is 35.0. The maximum atomic E-state index is 12.6. The fourth-order valence-electron chi connectivity index (χ4n) is 5.29. The van der Waals surface area contributed by atoms with Gasteiger partial charge < -0.3 is 71.0 Å². The molecule has 0 fully saturated rings. The molecule has 22 nitrogen and oxygen atoms in total. The first kappa shape index (κ1) is 48.6. The van der Waals surface area contributed by atoms with Crippen molar-refractivity contribution in [2.45, 2.75) is 13.1 Å². The van der Waals surface area contributed by atoms with Crippen LogP contribution in [0.15, 0.2) is 48.5 Å². The lowest BCUT2D eigenvalue weighted by atomic mass is 10.1. The Kier molecular flexibility index (Phi) is 19.6. The summed E-state index contributed by atoms with van der Waals surface area (Å²) in [7, 11) is 8.42. The zero-order chi connectivity index (χ0) is 45.6. The van der Waals surface area contributed by atoms with Gasteiger partial charge in [-0.15, -0.1) is 0 Å². The zero-order valence-corrected chi connectivity index (χ0v) is 35.0. The van der Waals surface area contributed by atoms with Gasteiger partial charge in [0.15, 0.2) is 23.0 Å². The number of carbonyl (C=O) groups is 8. The molecule has 334 valence electrons. The first-order chi connectivity index (χ1) is 29.7. The average molecular weight is 867 g/mol. The van der Waals surface area contributed by atoms with Gasteiger partial charge in [-0.05, 0) is 35.4 Å². The van der Waals surface area contributed by atoms with E-state index in [1.165, 1.54) is 66.9 Å². The molecule has 8 N–H and O–H groups in total. The summed E-state index contributed by atoms with van der Waals surface area (Å²) in [5.41, 5.74) is 1.68. The molecular formula is C40H50N8O14. The Hall–Kier alpha value is -7.78. The third-order valence-corrected chi connectivity index (χ3v) is 8.43. The van der Waals surface area contributed by atoms with Gasteiger partial charge in [0.2, 0.25) is 46.9 Å². The summed E-state index contributed by atoms with van der Waals surface area (Å²) in [6.07, 6.45) is 0. The highest BCUT2D eigenvalue weighted by atomic mass is 16.5. The van der Waals surface area contributed by atoms with Crippen LogP contribution in [-0.2, 0) is 41.9 Å². The van der Waals surface area contributed by atoms with Crippen LogP contribution in [0.4, 0.5) is 0 Å². The first-order valence-corrected chi connectivity index (χ1v) is 18.6. The van der Waals surface area contributed by atoms with Gasteiger partial charge in [-0.25, -0.2) is 0 Å². The Morgan fingerprint density at radius 2 is 0.645 bits per heavy atom. The van der Waals surface area contributed by atoms with Crippen molar-refractivity contribution >= 4 is 47.3 Å². The molecule has 0 heterocycles. The summed E-state index contributed by atoms with van der Waals surface area (Å²) in [6, 6.07) is 12.6. The van der Waals surface area contributed by atoms with E-state index >= 15 is 0 Å². The predicted octanol–water partition coefficient (Wildman–Crippen LogP) is -1.70. The van der Waals surface area contributed by atoms with E-state index in [0.29, 0.717) is 22.6 Å². The van der Waals surface area contributed by atoms with Crippen LogP contribution in [0.1, 0.15) is 31.8 Å². The molecule has 0 atom stereocenters. The number of benzene rings is 3. The van der Waals surface area contributed by atoms with E-state index in [2.05, 4.69) is 42.5 Å². The van der Waals surface area contributed by atoms with Crippen LogP contribution in [0, 0.1) is 0 Å². The van der Waals surface area contributed by atoms with Crippen LogP contribution < -0.4 is 71.0 Å². The van der Waals surface area contributed by atoms with E-state index in [1.807, 2.05) is 0 Å². The molecule has 0 unspecified atom stereocenters. The van der Waals surface area contributed by atoms with Crippen molar-refractivity contribution in [3.63, 3.8) is 0 Å². The van der Waals surface area contributed by atoms with Crippen LogP contribution >= 0.6 is 0 Å². The molecule has 8 amide bonds. The number of ether oxygens (including phenoxy) is 6. The highest BCUT2D eigenvalue weighted by Gasteiger charge is 2.19. The highest BCUT2D eigenvalue weighted by molar-refractivity contribution is 5.99. The molecule has 0 aliphatic heterocycles. The quantitative estimate of drug-likeness (QED) is 0.0498. The highest BCUT2D eigenvalue weighted by Crippen LogP contribution is 2.39. The van der Waals surface area contributed by atoms with Crippen molar-refractivity contribution in [3.8, 4) is 34.5 Å². The number of rotatable bonds is 24. The minimum Gasteiger partial charge on any atom is -0.493 e. The monoisotopic (exact) mass is 866 g/mol. The fraction of sp³-hybridized carbons (Fsp3) is 0.350. The topological polar surface area (TPSA) is 288 Å². The molecule has 3 aromatic carbocycles. The van der Waals surface area contributed by atoms with Crippen LogP contribution in [0.3, 0.4) is 0 Å². The minimum absolute atomic E-state index is 0.106. The predicted molar refractivity (Wildman–Crippen MR) is 219 cm³/mol. The molecule has 0 radical (unpaired) electrons. The van der Waals surface area contributed by atoms with Crippen molar-refractivity contribution in [3.05, 3.63) is 70.8 Å². The number of hydrogen-bond acceptors (Lipinski definition) is 14. The summed E-state index contributed by atoms with van der Waals surface area (Å²) >= 11 is 0. The third kappa shape index (κ3) is 15.4.